The predicted octanol–water partition coefficient (Wildman–Crippen LogP) is 1.29. The monoisotopic (exact) mass is 228 g/mol. The molecule has 1 fully saturated rings. The van der Waals surface area contributed by atoms with Crippen LogP contribution in [0.3, 0.4) is 0 Å². The number of urea groups is 1. The summed E-state index contributed by atoms with van der Waals surface area (Å²) in [6, 6.07) is -0.119. The number of rotatable bonds is 5. The van der Waals surface area contributed by atoms with Gasteiger partial charge in [0.15, 0.2) is 0 Å². The summed E-state index contributed by atoms with van der Waals surface area (Å²) in [5, 5.41) is 11.5. The fourth-order valence-electron chi connectivity index (χ4n) is 1.53. The Morgan fingerprint density at radius 2 is 2.00 bits per heavy atom. The molecule has 0 radical (unpaired) electrons. The number of carbonyl (C=O) groups is 2. The molecule has 2 amide bonds. The molecule has 1 rings (SSSR count). The van der Waals surface area contributed by atoms with E-state index in [2.05, 4.69) is 5.32 Å². The number of amides is 2. The van der Waals surface area contributed by atoms with E-state index in [1.54, 1.807) is 11.9 Å². The zero-order valence-electron chi connectivity index (χ0n) is 10.1. The van der Waals surface area contributed by atoms with Crippen molar-refractivity contribution in [1.82, 2.24) is 10.2 Å². The highest BCUT2D eigenvalue weighted by atomic mass is 16.4. The summed E-state index contributed by atoms with van der Waals surface area (Å²) in [6.45, 7) is 3.82. The Balaban J connectivity index is 2.46. The minimum atomic E-state index is -0.881. The Labute approximate surface area is 95.8 Å². The van der Waals surface area contributed by atoms with Crippen LogP contribution >= 0.6 is 0 Å². The van der Waals surface area contributed by atoms with E-state index in [1.165, 1.54) is 0 Å². The van der Waals surface area contributed by atoms with E-state index < -0.39 is 5.97 Å². The van der Waals surface area contributed by atoms with Gasteiger partial charge >= 0.3 is 12.0 Å². The molecule has 0 aromatic carbocycles. The number of carboxylic acid groups (broad SMARTS) is 1. The van der Waals surface area contributed by atoms with Crippen molar-refractivity contribution >= 4 is 12.0 Å². The van der Waals surface area contributed by atoms with Crippen molar-refractivity contribution in [3.63, 3.8) is 0 Å². The van der Waals surface area contributed by atoms with E-state index in [9.17, 15) is 9.59 Å². The summed E-state index contributed by atoms with van der Waals surface area (Å²) >= 11 is 0. The second-order valence-electron chi connectivity index (χ2n) is 4.74. The Morgan fingerprint density at radius 3 is 2.38 bits per heavy atom. The lowest BCUT2D eigenvalue weighted by Gasteiger charge is -2.24. The quantitative estimate of drug-likeness (QED) is 0.745. The summed E-state index contributed by atoms with van der Waals surface area (Å²) in [4.78, 5) is 24.1. The number of carbonyl (C=O) groups excluding carboxylic acids is 1. The summed E-state index contributed by atoms with van der Waals surface area (Å²) in [7, 11) is 1.76. The largest absolute Gasteiger partial charge is 0.481 e. The van der Waals surface area contributed by atoms with Gasteiger partial charge in [-0.1, -0.05) is 13.8 Å². The van der Waals surface area contributed by atoms with E-state index >= 15 is 0 Å². The Bertz CT molecular complexity index is 274. The van der Waals surface area contributed by atoms with Crippen LogP contribution in [0.25, 0.3) is 0 Å². The first kappa shape index (κ1) is 12.8. The Kier molecular flexibility index (Phi) is 4.15. The van der Waals surface area contributed by atoms with Crippen LogP contribution in [0, 0.1) is 5.92 Å². The highest BCUT2D eigenvalue weighted by Crippen LogP contribution is 2.25. The van der Waals surface area contributed by atoms with Crippen molar-refractivity contribution in [3.8, 4) is 0 Å². The smallest absolute Gasteiger partial charge is 0.317 e. The van der Waals surface area contributed by atoms with E-state index in [-0.39, 0.29) is 24.4 Å². The third kappa shape index (κ3) is 3.72. The number of aliphatic carboxylic acids is 1. The Hall–Kier alpha value is -1.26. The van der Waals surface area contributed by atoms with Crippen molar-refractivity contribution < 1.29 is 14.7 Å². The van der Waals surface area contributed by atoms with Gasteiger partial charge in [0.25, 0.3) is 0 Å². The zero-order valence-corrected chi connectivity index (χ0v) is 10.1. The minimum Gasteiger partial charge on any atom is -0.481 e. The maximum Gasteiger partial charge on any atom is 0.317 e. The SMILES string of the molecule is CC(C)C(CC(=O)O)NC(=O)N(C)C1CC1. The molecule has 16 heavy (non-hydrogen) atoms. The van der Waals surface area contributed by atoms with Crippen molar-refractivity contribution in [1.29, 1.82) is 0 Å². The molecule has 92 valence electrons. The number of nitrogens with one attached hydrogen (secondary N) is 1. The van der Waals surface area contributed by atoms with Crippen LogP contribution in [0.4, 0.5) is 4.79 Å². The molecule has 1 aliphatic rings. The van der Waals surface area contributed by atoms with Gasteiger partial charge in [0.1, 0.15) is 0 Å². The van der Waals surface area contributed by atoms with Crippen LogP contribution in [0.15, 0.2) is 0 Å². The van der Waals surface area contributed by atoms with Gasteiger partial charge in [0, 0.05) is 19.1 Å². The lowest BCUT2D eigenvalue weighted by atomic mass is 10.0. The molecule has 5 heteroatoms. The fraction of sp³-hybridized carbons (Fsp3) is 0.818. The molecule has 1 aliphatic carbocycles. The van der Waals surface area contributed by atoms with Crippen LogP contribution in [-0.2, 0) is 4.79 Å². The predicted molar refractivity (Wildman–Crippen MR) is 60.2 cm³/mol. The summed E-state index contributed by atoms with van der Waals surface area (Å²) in [6.07, 6.45) is 2.08. The van der Waals surface area contributed by atoms with Crippen LogP contribution in [0.5, 0.6) is 0 Å². The first-order valence-electron chi connectivity index (χ1n) is 5.67. The van der Waals surface area contributed by atoms with Crippen molar-refractivity contribution in [2.24, 2.45) is 5.92 Å². The average Bonchev–Trinajstić information content (AvgIpc) is 2.97. The molecule has 0 heterocycles. The molecule has 0 aromatic rings. The molecule has 0 aromatic heterocycles. The first-order valence-corrected chi connectivity index (χ1v) is 5.67. The molecular weight excluding hydrogens is 208 g/mol. The van der Waals surface area contributed by atoms with Gasteiger partial charge in [-0.2, -0.15) is 0 Å². The topological polar surface area (TPSA) is 69.6 Å². The van der Waals surface area contributed by atoms with Gasteiger partial charge in [-0.15, -0.1) is 0 Å². The number of carboxylic acids is 1. The second-order valence-corrected chi connectivity index (χ2v) is 4.74. The highest BCUT2D eigenvalue weighted by Gasteiger charge is 2.31. The average molecular weight is 228 g/mol. The first-order chi connectivity index (χ1) is 7.41. The lowest BCUT2D eigenvalue weighted by Crippen LogP contribution is -2.46. The molecule has 1 atom stereocenters. The molecular formula is C11H20N2O3. The van der Waals surface area contributed by atoms with Crippen LogP contribution in [0.2, 0.25) is 0 Å². The van der Waals surface area contributed by atoms with Crippen LogP contribution < -0.4 is 5.32 Å². The number of hydrogen-bond acceptors (Lipinski definition) is 2. The third-order valence-electron chi connectivity index (χ3n) is 2.92. The highest BCUT2D eigenvalue weighted by molar-refractivity contribution is 5.76. The molecule has 2 N–H and O–H groups in total. The van der Waals surface area contributed by atoms with Gasteiger partial charge in [-0.05, 0) is 18.8 Å². The molecule has 0 aliphatic heterocycles. The second kappa shape index (κ2) is 5.18. The molecule has 0 bridgehead atoms. The normalized spacial score (nSPS) is 17.0. The van der Waals surface area contributed by atoms with Gasteiger partial charge in [-0.3, -0.25) is 4.79 Å². The van der Waals surface area contributed by atoms with Crippen LogP contribution in [0.1, 0.15) is 33.1 Å². The van der Waals surface area contributed by atoms with Gasteiger partial charge in [-0.25, -0.2) is 4.79 Å². The summed E-state index contributed by atoms with van der Waals surface area (Å²) in [5.41, 5.74) is 0. The zero-order chi connectivity index (χ0) is 12.3. The third-order valence-corrected chi connectivity index (χ3v) is 2.92. The molecule has 5 nitrogen and oxygen atoms in total. The maximum atomic E-state index is 11.7. The summed E-state index contributed by atoms with van der Waals surface area (Å²) < 4.78 is 0. The minimum absolute atomic E-state index is 0.0259. The molecule has 1 saturated carbocycles. The van der Waals surface area contributed by atoms with Gasteiger partial charge in [0.2, 0.25) is 0 Å². The van der Waals surface area contributed by atoms with Crippen LogP contribution in [-0.4, -0.2) is 41.1 Å². The number of hydrogen-bond donors (Lipinski definition) is 2. The lowest BCUT2D eigenvalue weighted by molar-refractivity contribution is -0.137. The molecule has 0 saturated heterocycles. The standard InChI is InChI=1S/C11H20N2O3/c1-7(2)9(6-10(14)15)12-11(16)13(3)8-4-5-8/h7-9H,4-6H2,1-3H3,(H,12,16)(H,14,15). The van der Waals surface area contributed by atoms with E-state index in [1.807, 2.05) is 13.8 Å². The van der Waals surface area contributed by atoms with Crippen molar-refractivity contribution in [2.75, 3.05) is 7.05 Å². The van der Waals surface area contributed by atoms with Crippen molar-refractivity contribution in [2.45, 2.75) is 45.2 Å². The van der Waals surface area contributed by atoms with E-state index in [4.69, 9.17) is 5.11 Å². The molecule has 1 unspecified atom stereocenters. The maximum absolute atomic E-state index is 11.7. The van der Waals surface area contributed by atoms with Crippen molar-refractivity contribution in [3.05, 3.63) is 0 Å². The Morgan fingerprint density at radius 1 is 1.44 bits per heavy atom. The fourth-order valence-corrected chi connectivity index (χ4v) is 1.53. The van der Waals surface area contributed by atoms with Gasteiger partial charge < -0.3 is 15.3 Å². The van der Waals surface area contributed by atoms with Gasteiger partial charge in [0.05, 0.1) is 6.42 Å². The molecule has 0 spiro atoms. The summed E-state index contributed by atoms with van der Waals surface area (Å²) in [5.74, 6) is -0.763. The van der Waals surface area contributed by atoms with E-state index in [0.717, 1.165) is 12.8 Å². The number of nitrogens with zero attached hydrogens (tertiary/aromatic N) is 1. The van der Waals surface area contributed by atoms with E-state index in [0.29, 0.717) is 6.04 Å².